The van der Waals surface area contributed by atoms with E-state index in [0.717, 1.165) is 12.1 Å². The van der Waals surface area contributed by atoms with Crippen LogP contribution in [0.3, 0.4) is 0 Å². The second kappa shape index (κ2) is 8.07. The largest absolute Gasteiger partial charge is 0.302 e. The van der Waals surface area contributed by atoms with E-state index in [2.05, 4.69) is 10.3 Å². The molecule has 7 nitrogen and oxygen atoms in total. The lowest BCUT2D eigenvalue weighted by Crippen LogP contribution is -2.43. The molecule has 1 aromatic carbocycles. The molecule has 1 aromatic heterocycles. The lowest BCUT2D eigenvalue weighted by molar-refractivity contribution is -0.120. The van der Waals surface area contributed by atoms with Crippen LogP contribution in [0.2, 0.25) is 0 Å². The first-order valence-corrected chi connectivity index (χ1v) is 12.4. The summed E-state index contributed by atoms with van der Waals surface area (Å²) in [5.41, 5.74) is 0.559. The minimum absolute atomic E-state index is 0.00341. The number of nitrogens with one attached hydrogen (secondary N) is 1. The summed E-state index contributed by atoms with van der Waals surface area (Å²) >= 11 is 1.18. The summed E-state index contributed by atoms with van der Waals surface area (Å²) in [7, 11) is -3.81. The van der Waals surface area contributed by atoms with E-state index in [1.54, 1.807) is 0 Å². The predicted octanol–water partition coefficient (Wildman–Crippen LogP) is 3.48. The van der Waals surface area contributed by atoms with Crippen molar-refractivity contribution in [1.82, 2.24) is 9.29 Å². The summed E-state index contributed by atoms with van der Waals surface area (Å²) in [6.07, 6.45) is 2.22. The Balaban J connectivity index is 1.46. The van der Waals surface area contributed by atoms with Crippen LogP contribution in [0.15, 0.2) is 29.2 Å². The van der Waals surface area contributed by atoms with Gasteiger partial charge in [-0.1, -0.05) is 25.2 Å². The third kappa shape index (κ3) is 4.56. The monoisotopic (exact) mass is 465 g/mol. The Kier molecular flexibility index (Phi) is 5.74. The number of rotatable bonds is 4. The average Bonchev–Trinajstić information content (AvgIpc) is 3.09. The predicted molar refractivity (Wildman–Crippen MR) is 115 cm³/mol. The van der Waals surface area contributed by atoms with Crippen LogP contribution in [0.25, 0.3) is 0 Å². The number of benzene rings is 1. The highest BCUT2D eigenvalue weighted by molar-refractivity contribution is 7.89. The lowest BCUT2D eigenvalue weighted by Gasteiger charge is -2.31. The summed E-state index contributed by atoms with van der Waals surface area (Å²) in [6, 6.07) is 4.67. The Morgan fingerprint density at radius 1 is 1.26 bits per heavy atom. The minimum atomic E-state index is -3.81. The number of aromatic nitrogens is 1. The fraction of sp³-hybridized carbons (Fsp3) is 0.476. The van der Waals surface area contributed by atoms with Crippen LogP contribution in [0, 0.1) is 17.2 Å². The second-order valence-electron chi connectivity index (χ2n) is 8.88. The number of fused-ring (bicyclic) bond motifs is 1. The van der Waals surface area contributed by atoms with Gasteiger partial charge in [0.25, 0.3) is 0 Å². The number of carbonyl (C=O) groups excluding carboxylic acids is 2. The zero-order chi connectivity index (χ0) is 22.4. The van der Waals surface area contributed by atoms with Crippen molar-refractivity contribution >= 4 is 38.2 Å². The van der Waals surface area contributed by atoms with Crippen molar-refractivity contribution in [3.63, 3.8) is 0 Å². The van der Waals surface area contributed by atoms with E-state index in [9.17, 15) is 22.4 Å². The number of anilines is 1. The normalized spacial score (nSPS) is 21.5. The maximum Gasteiger partial charge on any atom is 0.243 e. The summed E-state index contributed by atoms with van der Waals surface area (Å²) in [5.74, 6) is -1.31. The highest BCUT2D eigenvalue weighted by Gasteiger charge is 2.36. The van der Waals surface area contributed by atoms with E-state index >= 15 is 0 Å². The highest BCUT2D eigenvalue weighted by Crippen LogP contribution is 2.38. The number of Topliss-reactive ketones (excluding diaryl/α,β-unsaturated/α-hetero) is 1. The molecule has 2 aliphatic rings. The average molecular weight is 466 g/mol. The van der Waals surface area contributed by atoms with E-state index in [1.807, 2.05) is 13.8 Å². The summed E-state index contributed by atoms with van der Waals surface area (Å²) in [4.78, 5) is 30.3. The molecule has 0 radical (unpaired) electrons. The van der Waals surface area contributed by atoms with Gasteiger partial charge in [0.2, 0.25) is 15.9 Å². The van der Waals surface area contributed by atoms with E-state index in [-0.39, 0.29) is 28.5 Å². The van der Waals surface area contributed by atoms with Crippen LogP contribution < -0.4 is 5.32 Å². The van der Waals surface area contributed by atoms with E-state index in [0.29, 0.717) is 47.9 Å². The van der Waals surface area contributed by atoms with Gasteiger partial charge in [-0.2, -0.15) is 4.31 Å². The van der Waals surface area contributed by atoms with Gasteiger partial charge in [-0.3, -0.25) is 9.59 Å². The maximum absolute atomic E-state index is 13.2. The molecule has 166 valence electrons. The van der Waals surface area contributed by atoms with Gasteiger partial charge in [0.05, 0.1) is 21.4 Å². The molecule has 2 aromatic rings. The smallest absolute Gasteiger partial charge is 0.243 e. The number of carbonyl (C=O) groups is 2. The molecule has 2 heterocycles. The number of thiazole rings is 1. The number of halogens is 1. The molecule has 0 saturated carbocycles. The van der Waals surface area contributed by atoms with Crippen LogP contribution in [-0.4, -0.2) is 42.5 Å². The van der Waals surface area contributed by atoms with E-state index < -0.39 is 21.8 Å². The molecule has 1 unspecified atom stereocenters. The van der Waals surface area contributed by atoms with Crippen molar-refractivity contribution < 1.29 is 22.4 Å². The van der Waals surface area contributed by atoms with Crippen molar-refractivity contribution in [2.75, 3.05) is 18.4 Å². The third-order valence-corrected chi connectivity index (χ3v) is 8.61. The zero-order valence-electron chi connectivity index (χ0n) is 17.4. The summed E-state index contributed by atoms with van der Waals surface area (Å²) in [5, 5.41) is 3.16. The number of ketones is 1. The number of piperidine rings is 1. The van der Waals surface area contributed by atoms with Crippen molar-refractivity contribution in [1.29, 1.82) is 0 Å². The number of hydrogen-bond donors (Lipinski definition) is 1. The van der Waals surface area contributed by atoms with Gasteiger partial charge < -0.3 is 5.32 Å². The van der Waals surface area contributed by atoms with Crippen molar-refractivity contribution in [3.05, 3.63) is 40.7 Å². The van der Waals surface area contributed by atoms with Crippen LogP contribution >= 0.6 is 11.3 Å². The van der Waals surface area contributed by atoms with Crippen molar-refractivity contribution in [3.8, 4) is 0 Å². The van der Waals surface area contributed by atoms with E-state index in [4.69, 9.17) is 0 Å². The fourth-order valence-corrected chi connectivity index (χ4v) is 6.56. The highest BCUT2D eigenvalue weighted by atomic mass is 32.2. The first-order valence-electron chi connectivity index (χ1n) is 10.1. The van der Waals surface area contributed by atoms with Gasteiger partial charge in [-0.15, -0.1) is 0 Å². The molecule has 10 heteroatoms. The van der Waals surface area contributed by atoms with Crippen LogP contribution in [0.4, 0.5) is 9.52 Å². The third-order valence-electron chi connectivity index (χ3n) is 5.67. The fourth-order valence-electron chi connectivity index (χ4n) is 4.11. The SMILES string of the molecule is CC1(C)CC(=O)c2sc(NC(=O)C3CCCN(S(=O)(=O)c4ccc(F)cc4)C3)nc2C1. The minimum Gasteiger partial charge on any atom is -0.302 e. The number of hydrogen-bond acceptors (Lipinski definition) is 6. The molecule has 1 saturated heterocycles. The molecule has 1 aliphatic carbocycles. The lowest BCUT2D eigenvalue weighted by atomic mass is 9.78. The van der Waals surface area contributed by atoms with Gasteiger partial charge in [0.1, 0.15) is 5.82 Å². The quantitative estimate of drug-likeness (QED) is 0.746. The zero-order valence-corrected chi connectivity index (χ0v) is 19.0. The Bertz CT molecular complexity index is 1130. The molecule has 0 bridgehead atoms. The van der Waals surface area contributed by atoms with E-state index in [1.165, 1.54) is 27.8 Å². The van der Waals surface area contributed by atoms with Gasteiger partial charge >= 0.3 is 0 Å². The summed E-state index contributed by atoms with van der Waals surface area (Å²) in [6.45, 7) is 4.38. The molecule has 0 spiro atoms. The van der Waals surface area contributed by atoms with Crippen LogP contribution in [0.1, 0.15) is 48.5 Å². The summed E-state index contributed by atoms with van der Waals surface area (Å²) < 4.78 is 40.2. The molecule has 31 heavy (non-hydrogen) atoms. The Morgan fingerprint density at radius 3 is 2.68 bits per heavy atom. The molecule has 4 rings (SSSR count). The second-order valence-corrected chi connectivity index (χ2v) is 11.8. The van der Waals surface area contributed by atoms with Crippen LogP contribution in [0.5, 0.6) is 0 Å². The standard InChI is InChI=1S/C21H24FN3O4S2/c1-21(2)10-16-18(17(26)11-21)30-20(23-16)24-19(27)13-4-3-9-25(12-13)31(28,29)15-7-5-14(22)6-8-15/h5-8,13H,3-4,9-12H2,1-2H3,(H,23,24,27). The Labute approximate surface area is 184 Å². The molecule has 1 amide bonds. The first kappa shape index (κ1) is 22.0. The molecule has 1 fully saturated rings. The molecule has 1 atom stereocenters. The first-order chi connectivity index (χ1) is 14.5. The maximum atomic E-state index is 13.2. The molecular formula is C21H24FN3O4S2. The topological polar surface area (TPSA) is 96.4 Å². The number of nitrogens with zero attached hydrogens (tertiary/aromatic N) is 2. The molecule has 1 aliphatic heterocycles. The van der Waals surface area contributed by atoms with Crippen molar-refractivity contribution in [2.24, 2.45) is 11.3 Å². The van der Waals surface area contributed by atoms with Crippen molar-refractivity contribution in [2.45, 2.75) is 44.4 Å². The molecule has 1 N–H and O–H groups in total. The number of sulfonamides is 1. The molecular weight excluding hydrogens is 441 g/mol. The number of amides is 1. The van der Waals surface area contributed by atoms with Gasteiger partial charge in [0.15, 0.2) is 10.9 Å². The van der Waals surface area contributed by atoms with Gasteiger partial charge in [-0.25, -0.2) is 17.8 Å². The Morgan fingerprint density at radius 2 is 1.97 bits per heavy atom. The van der Waals surface area contributed by atoms with Gasteiger partial charge in [0, 0.05) is 19.5 Å². The Hall–Kier alpha value is -2.17. The van der Waals surface area contributed by atoms with Crippen LogP contribution in [-0.2, 0) is 21.2 Å². The van der Waals surface area contributed by atoms with Gasteiger partial charge in [-0.05, 0) is 48.9 Å².